The molecule has 0 aliphatic rings. The van der Waals surface area contributed by atoms with Gasteiger partial charge in [0.1, 0.15) is 5.75 Å². The summed E-state index contributed by atoms with van der Waals surface area (Å²) in [4.78, 5) is 22.3. The van der Waals surface area contributed by atoms with Crippen molar-refractivity contribution in [2.45, 2.75) is 13.3 Å². The molecule has 110 valence electrons. The summed E-state index contributed by atoms with van der Waals surface area (Å²) in [5, 5.41) is 14.3. The number of benzene rings is 1. The zero-order chi connectivity index (χ0) is 15.1. The monoisotopic (exact) mass is 300 g/mol. The number of nitrogens with one attached hydrogen (secondary N) is 2. The maximum atomic E-state index is 11.6. The summed E-state index contributed by atoms with van der Waals surface area (Å²) in [6.45, 7) is 1.85. The number of aliphatic carboxylic acids is 1. The first-order valence-electron chi connectivity index (χ1n) is 6.05. The molecule has 7 heteroatoms. The Kier molecular flexibility index (Phi) is 6.11. The molecule has 0 bridgehead atoms. The number of carboxylic acid groups (broad SMARTS) is 1. The minimum atomic E-state index is -0.886. The van der Waals surface area contributed by atoms with Crippen LogP contribution in [0.3, 0.4) is 0 Å². The molecule has 1 aromatic carbocycles. The summed E-state index contributed by atoms with van der Waals surface area (Å²) in [5.74, 6) is -0.817. The van der Waals surface area contributed by atoms with Crippen LogP contribution in [0.15, 0.2) is 18.2 Å². The molecule has 1 unspecified atom stereocenters. The van der Waals surface area contributed by atoms with E-state index in [2.05, 4.69) is 10.6 Å². The average Bonchev–Trinajstić information content (AvgIpc) is 2.41. The van der Waals surface area contributed by atoms with Gasteiger partial charge in [0.2, 0.25) is 0 Å². The number of hydrogen-bond donors (Lipinski definition) is 3. The Morgan fingerprint density at radius 3 is 2.75 bits per heavy atom. The molecule has 20 heavy (non-hydrogen) atoms. The first kappa shape index (κ1) is 16.1. The number of ether oxygens (including phenoxy) is 1. The van der Waals surface area contributed by atoms with Crippen molar-refractivity contribution in [3.05, 3.63) is 23.2 Å². The number of carboxylic acids is 1. The Labute approximate surface area is 122 Å². The Hall–Kier alpha value is -1.95. The van der Waals surface area contributed by atoms with E-state index in [1.165, 1.54) is 7.11 Å². The maximum Gasteiger partial charge on any atom is 0.319 e. The van der Waals surface area contributed by atoms with Crippen LogP contribution in [0, 0.1) is 5.92 Å². The van der Waals surface area contributed by atoms with Gasteiger partial charge in [-0.3, -0.25) is 4.79 Å². The third-order valence-corrected chi connectivity index (χ3v) is 3.04. The van der Waals surface area contributed by atoms with Gasteiger partial charge in [0.05, 0.1) is 23.7 Å². The van der Waals surface area contributed by atoms with E-state index in [0.717, 1.165) is 0 Å². The van der Waals surface area contributed by atoms with Crippen LogP contribution < -0.4 is 15.4 Å². The van der Waals surface area contributed by atoms with Crippen LogP contribution in [0.1, 0.15) is 13.3 Å². The van der Waals surface area contributed by atoms with Gasteiger partial charge in [-0.15, -0.1) is 0 Å². The van der Waals surface area contributed by atoms with Crippen molar-refractivity contribution in [2.24, 2.45) is 5.92 Å². The molecule has 0 saturated carbocycles. The average molecular weight is 301 g/mol. The molecular formula is C13H17ClN2O4. The molecule has 1 rings (SSSR count). The van der Waals surface area contributed by atoms with Gasteiger partial charge in [-0.2, -0.15) is 0 Å². The second-order valence-corrected chi connectivity index (χ2v) is 4.66. The summed E-state index contributed by atoms with van der Waals surface area (Å²) in [6, 6.07) is 4.45. The lowest BCUT2D eigenvalue weighted by Gasteiger charge is -2.11. The van der Waals surface area contributed by atoms with E-state index in [1.807, 2.05) is 0 Å². The van der Waals surface area contributed by atoms with Gasteiger partial charge < -0.3 is 20.5 Å². The van der Waals surface area contributed by atoms with E-state index in [9.17, 15) is 9.59 Å². The van der Waals surface area contributed by atoms with Crippen molar-refractivity contribution >= 4 is 29.3 Å². The van der Waals surface area contributed by atoms with E-state index >= 15 is 0 Å². The number of carbonyl (C=O) groups excluding carboxylic acids is 1. The smallest absolute Gasteiger partial charge is 0.319 e. The number of anilines is 1. The van der Waals surface area contributed by atoms with Crippen molar-refractivity contribution in [1.29, 1.82) is 0 Å². The SMILES string of the molecule is COc1ccc(Cl)c(NC(=O)NCCC(C)C(=O)O)c1. The summed E-state index contributed by atoms with van der Waals surface area (Å²) in [7, 11) is 1.51. The van der Waals surface area contributed by atoms with Gasteiger partial charge in [-0.05, 0) is 18.6 Å². The number of halogens is 1. The van der Waals surface area contributed by atoms with Gasteiger partial charge in [0, 0.05) is 12.6 Å². The lowest BCUT2D eigenvalue weighted by atomic mass is 10.1. The number of rotatable bonds is 6. The Morgan fingerprint density at radius 1 is 1.45 bits per heavy atom. The van der Waals surface area contributed by atoms with Crippen molar-refractivity contribution in [2.75, 3.05) is 19.0 Å². The maximum absolute atomic E-state index is 11.6. The van der Waals surface area contributed by atoms with Gasteiger partial charge >= 0.3 is 12.0 Å². The van der Waals surface area contributed by atoms with E-state index in [0.29, 0.717) is 22.9 Å². The highest BCUT2D eigenvalue weighted by Gasteiger charge is 2.11. The lowest BCUT2D eigenvalue weighted by Crippen LogP contribution is -2.31. The molecule has 1 aromatic rings. The molecule has 0 aromatic heterocycles. The van der Waals surface area contributed by atoms with E-state index in [4.69, 9.17) is 21.4 Å². The highest BCUT2D eigenvalue weighted by atomic mass is 35.5. The molecule has 0 saturated heterocycles. The third kappa shape index (κ3) is 4.97. The molecule has 0 spiro atoms. The fourth-order valence-electron chi connectivity index (χ4n) is 1.42. The van der Waals surface area contributed by atoms with Crippen LogP contribution in [-0.2, 0) is 4.79 Å². The molecule has 1 atom stereocenters. The summed E-state index contributed by atoms with van der Waals surface area (Å²) in [6.07, 6.45) is 0.356. The normalized spacial score (nSPS) is 11.6. The molecule has 0 heterocycles. The standard InChI is InChI=1S/C13H17ClN2O4/c1-8(12(17)18)5-6-15-13(19)16-11-7-9(20-2)3-4-10(11)14/h3-4,7-8H,5-6H2,1-2H3,(H,17,18)(H2,15,16,19). The van der Waals surface area contributed by atoms with Crippen molar-refractivity contribution in [3.63, 3.8) is 0 Å². The van der Waals surface area contributed by atoms with Crippen LogP contribution in [-0.4, -0.2) is 30.8 Å². The first-order chi connectivity index (χ1) is 9.43. The number of methoxy groups -OCH3 is 1. The molecule has 0 aliphatic heterocycles. The Morgan fingerprint density at radius 2 is 2.15 bits per heavy atom. The molecule has 3 N–H and O–H groups in total. The largest absolute Gasteiger partial charge is 0.497 e. The second kappa shape index (κ2) is 7.59. The fraction of sp³-hybridized carbons (Fsp3) is 0.385. The highest BCUT2D eigenvalue weighted by Crippen LogP contribution is 2.26. The number of hydrogen-bond acceptors (Lipinski definition) is 3. The predicted octanol–water partition coefficient (Wildman–Crippen LogP) is 2.58. The second-order valence-electron chi connectivity index (χ2n) is 4.25. The van der Waals surface area contributed by atoms with Crippen LogP contribution in [0.2, 0.25) is 5.02 Å². The van der Waals surface area contributed by atoms with E-state index in [-0.39, 0.29) is 6.54 Å². The zero-order valence-corrected chi connectivity index (χ0v) is 12.0. The van der Waals surface area contributed by atoms with Crippen LogP contribution in [0.25, 0.3) is 0 Å². The quantitative estimate of drug-likeness (QED) is 0.753. The van der Waals surface area contributed by atoms with Crippen molar-refractivity contribution < 1.29 is 19.4 Å². The van der Waals surface area contributed by atoms with E-state index in [1.54, 1.807) is 25.1 Å². The molecule has 6 nitrogen and oxygen atoms in total. The van der Waals surface area contributed by atoms with Gasteiger partial charge in [-0.25, -0.2) is 4.79 Å². The first-order valence-corrected chi connectivity index (χ1v) is 6.43. The number of carbonyl (C=O) groups is 2. The summed E-state index contributed by atoms with van der Waals surface area (Å²) in [5.41, 5.74) is 0.426. The predicted molar refractivity (Wildman–Crippen MR) is 76.4 cm³/mol. The Balaban J connectivity index is 2.48. The van der Waals surface area contributed by atoms with Crippen LogP contribution >= 0.6 is 11.6 Å². The van der Waals surface area contributed by atoms with Crippen molar-refractivity contribution in [1.82, 2.24) is 5.32 Å². The van der Waals surface area contributed by atoms with Crippen LogP contribution in [0.5, 0.6) is 5.75 Å². The summed E-state index contributed by atoms with van der Waals surface area (Å²) >= 11 is 5.95. The Bertz CT molecular complexity index is 493. The number of amides is 2. The minimum absolute atomic E-state index is 0.265. The zero-order valence-electron chi connectivity index (χ0n) is 11.3. The lowest BCUT2D eigenvalue weighted by molar-refractivity contribution is -0.141. The van der Waals surface area contributed by atoms with Crippen LogP contribution in [0.4, 0.5) is 10.5 Å². The topological polar surface area (TPSA) is 87.7 Å². The fourth-order valence-corrected chi connectivity index (χ4v) is 1.58. The van der Waals surface area contributed by atoms with Gasteiger partial charge in [0.15, 0.2) is 0 Å². The molecule has 0 fully saturated rings. The molecular weight excluding hydrogens is 284 g/mol. The minimum Gasteiger partial charge on any atom is -0.497 e. The van der Waals surface area contributed by atoms with Gasteiger partial charge in [0.25, 0.3) is 0 Å². The van der Waals surface area contributed by atoms with E-state index < -0.39 is 17.9 Å². The van der Waals surface area contributed by atoms with Crippen molar-refractivity contribution in [3.8, 4) is 5.75 Å². The molecule has 0 aliphatic carbocycles. The highest BCUT2D eigenvalue weighted by molar-refractivity contribution is 6.33. The summed E-state index contributed by atoms with van der Waals surface area (Å²) < 4.78 is 5.03. The number of urea groups is 1. The molecule has 0 radical (unpaired) electrons. The molecule has 2 amide bonds. The third-order valence-electron chi connectivity index (χ3n) is 2.71. The van der Waals surface area contributed by atoms with Gasteiger partial charge in [-0.1, -0.05) is 18.5 Å².